The molecule has 1 aliphatic carbocycles. The third kappa shape index (κ3) is 2.44. The molecular weight excluding hydrogens is 226 g/mol. The number of benzene rings is 1. The Kier molecular flexibility index (Phi) is 4.38. The number of aliphatic hydroxyl groups excluding tert-OH is 1. The van der Waals surface area contributed by atoms with Crippen molar-refractivity contribution in [1.29, 1.82) is 0 Å². The first kappa shape index (κ1) is 13.5. The number of hydrogen-bond acceptors (Lipinski definition) is 3. The Bertz CT molecular complexity index is 394. The third-order valence-corrected chi connectivity index (χ3v) is 3.93. The average Bonchev–Trinajstić information content (AvgIpc) is 2.69. The van der Waals surface area contributed by atoms with Crippen molar-refractivity contribution in [2.45, 2.75) is 38.5 Å². The maximum atomic E-state index is 10.5. The molecule has 0 radical (unpaired) electrons. The van der Waals surface area contributed by atoms with Gasteiger partial charge in [0.15, 0.2) is 0 Å². The number of hydrogen-bond donors (Lipinski definition) is 1. The number of fused-ring (bicyclic) bond motifs is 1. The van der Waals surface area contributed by atoms with Crippen LogP contribution in [0.25, 0.3) is 0 Å². The molecule has 3 heteroatoms. The molecule has 0 aromatic heterocycles. The highest BCUT2D eigenvalue weighted by Crippen LogP contribution is 2.34. The van der Waals surface area contributed by atoms with Crippen LogP contribution in [0.5, 0.6) is 0 Å². The number of aliphatic hydroxyl groups is 1. The molecule has 0 saturated heterocycles. The van der Waals surface area contributed by atoms with Crippen LogP contribution in [0.15, 0.2) is 24.3 Å². The predicted octanol–water partition coefficient (Wildman–Crippen LogP) is 2.00. The van der Waals surface area contributed by atoms with Gasteiger partial charge in [-0.1, -0.05) is 31.2 Å². The zero-order chi connectivity index (χ0) is 13.1. The molecule has 1 aromatic rings. The van der Waals surface area contributed by atoms with E-state index in [1.165, 1.54) is 5.56 Å². The Hall–Kier alpha value is -0.900. The molecule has 100 valence electrons. The normalized spacial score (nSPS) is 24.3. The van der Waals surface area contributed by atoms with Gasteiger partial charge in [-0.05, 0) is 31.0 Å². The molecule has 3 atom stereocenters. The number of nitrogens with zero attached hydrogens (tertiary/aromatic N) is 1. The van der Waals surface area contributed by atoms with Crippen molar-refractivity contribution in [3.05, 3.63) is 35.4 Å². The lowest BCUT2D eigenvalue weighted by atomic mass is 10.1. The van der Waals surface area contributed by atoms with Gasteiger partial charge in [-0.25, -0.2) is 0 Å². The summed E-state index contributed by atoms with van der Waals surface area (Å²) in [6.45, 7) is 5.93. The molecule has 1 N–H and O–H groups in total. The Labute approximate surface area is 109 Å². The number of methoxy groups -OCH3 is 1. The van der Waals surface area contributed by atoms with Crippen molar-refractivity contribution in [3.63, 3.8) is 0 Å². The Balaban J connectivity index is 2.15. The van der Waals surface area contributed by atoms with E-state index < -0.39 is 0 Å². The maximum Gasteiger partial charge on any atom is 0.0951 e. The predicted molar refractivity (Wildman–Crippen MR) is 72.6 cm³/mol. The summed E-state index contributed by atoms with van der Waals surface area (Å²) >= 11 is 0. The van der Waals surface area contributed by atoms with E-state index >= 15 is 0 Å². The smallest absolute Gasteiger partial charge is 0.0951 e. The van der Waals surface area contributed by atoms with Crippen molar-refractivity contribution in [2.75, 3.05) is 20.3 Å². The van der Waals surface area contributed by atoms with Gasteiger partial charge in [-0.15, -0.1) is 0 Å². The van der Waals surface area contributed by atoms with Gasteiger partial charge in [0.25, 0.3) is 0 Å². The van der Waals surface area contributed by atoms with Gasteiger partial charge >= 0.3 is 0 Å². The summed E-state index contributed by atoms with van der Waals surface area (Å²) in [6.07, 6.45) is 0.555. The SMILES string of the molecule is CCN(C(C)COC)C1Cc2ccccc2C1O. The van der Waals surface area contributed by atoms with Crippen LogP contribution in [-0.4, -0.2) is 42.4 Å². The van der Waals surface area contributed by atoms with Crippen LogP contribution in [0, 0.1) is 0 Å². The summed E-state index contributed by atoms with van der Waals surface area (Å²) < 4.78 is 5.24. The van der Waals surface area contributed by atoms with Crippen molar-refractivity contribution in [2.24, 2.45) is 0 Å². The van der Waals surface area contributed by atoms with E-state index in [1.807, 2.05) is 18.2 Å². The minimum Gasteiger partial charge on any atom is -0.387 e. The molecule has 0 aliphatic heterocycles. The standard InChI is InChI=1S/C15H23NO2/c1-4-16(11(2)10-18-3)14-9-12-7-5-6-8-13(12)15(14)17/h5-8,11,14-15,17H,4,9-10H2,1-3H3. The average molecular weight is 249 g/mol. The molecule has 3 nitrogen and oxygen atoms in total. The lowest BCUT2D eigenvalue weighted by Gasteiger charge is -2.35. The maximum absolute atomic E-state index is 10.5. The van der Waals surface area contributed by atoms with E-state index in [-0.39, 0.29) is 12.1 Å². The minimum atomic E-state index is -0.375. The Morgan fingerprint density at radius 3 is 2.78 bits per heavy atom. The first-order valence-corrected chi connectivity index (χ1v) is 6.69. The van der Waals surface area contributed by atoms with Crippen LogP contribution >= 0.6 is 0 Å². The van der Waals surface area contributed by atoms with Crippen LogP contribution in [0.2, 0.25) is 0 Å². The highest BCUT2D eigenvalue weighted by molar-refractivity contribution is 5.36. The fraction of sp³-hybridized carbons (Fsp3) is 0.600. The summed E-state index contributed by atoms with van der Waals surface area (Å²) in [7, 11) is 1.73. The minimum absolute atomic E-state index is 0.178. The van der Waals surface area contributed by atoms with Crippen molar-refractivity contribution >= 4 is 0 Å². The van der Waals surface area contributed by atoms with Crippen LogP contribution in [0.1, 0.15) is 31.1 Å². The van der Waals surface area contributed by atoms with Gasteiger partial charge in [-0.3, -0.25) is 4.90 Å². The number of rotatable bonds is 5. The van der Waals surface area contributed by atoms with Gasteiger partial charge < -0.3 is 9.84 Å². The summed E-state index contributed by atoms with van der Waals surface area (Å²) in [5.41, 5.74) is 2.36. The number of likely N-dealkylation sites (N-methyl/N-ethyl adjacent to an activating group) is 1. The van der Waals surface area contributed by atoms with Crippen molar-refractivity contribution in [1.82, 2.24) is 4.90 Å². The molecule has 3 unspecified atom stereocenters. The topological polar surface area (TPSA) is 32.7 Å². The highest BCUT2D eigenvalue weighted by Gasteiger charge is 2.35. The fourth-order valence-electron chi connectivity index (χ4n) is 3.06. The monoisotopic (exact) mass is 249 g/mol. The molecule has 0 fully saturated rings. The van der Waals surface area contributed by atoms with Gasteiger partial charge in [0, 0.05) is 19.2 Å². The first-order chi connectivity index (χ1) is 8.69. The van der Waals surface area contributed by atoms with Crippen LogP contribution in [0.4, 0.5) is 0 Å². The Morgan fingerprint density at radius 1 is 1.44 bits per heavy atom. The summed E-state index contributed by atoms with van der Waals surface area (Å²) in [6, 6.07) is 8.70. The molecule has 2 rings (SSSR count). The van der Waals surface area contributed by atoms with Gasteiger partial charge in [-0.2, -0.15) is 0 Å². The molecule has 0 amide bonds. The second-order valence-electron chi connectivity index (χ2n) is 5.05. The molecular formula is C15H23NO2. The van der Waals surface area contributed by atoms with E-state index in [4.69, 9.17) is 4.74 Å². The highest BCUT2D eigenvalue weighted by atomic mass is 16.5. The van der Waals surface area contributed by atoms with E-state index in [0.29, 0.717) is 12.6 Å². The lowest BCUT2D eigenvalue weighted by Crippen LogP contribution is -2.45. The van der Waals surface area contributed by atoms with Crippen molar-refractivity contribution in [3.8, 4) is 0 Å². The van der Waals surface area contributed by atoms with Crippen LogP contribution in [0.3, 0.4) is 0 Å². The second-order valence-corrected chi connectivity index (χ2v) is 5.05. The van der Waals surface area contributed by atoms with E-state index in [0.717, 1.165) is 18.5 Å². The zero-order valence-corrected chi connectivity index (χ0v) is 11.5. The molecule has 1 aliphatic rings. The fourth-order valence-corrected chi connectivity index (χ4v) is 3.06. The van der Waals surface area contributed by atoms with E-state index in [1.54, 1.807) is 7.11 Å². The first-order valence-electron chi connectivity index (χ1n) is 6.69. The third-order valence-electron chi connectivity index (χ3n) is 3.93. The van der Waals surface area contributed by atoms with Crippen LogP contribution in [-0.2, 0) is 11.2 Å². The lowest BCUT2D eigenvalue weighted by molar-refractivity contribution is 0.0159. The molecule has 0 spiro atoms. The molecule has 0 heterocycles. The molecule has 18 heavy (non-hydrogen) atoms. The Morgan fingerprint density at radius 2 is 2.17 bits per heavy atom. The summed E-state index contributed by atoms with van der Waals surface area (Å²) in [4.78, 5) is 2.34. The van der Waals surface area contributed by atoms with Gasteiger partial charge in [0.1, 0.15) is 0 Å². The summed E-state index contributed by atoms with van der Waals surface area (Å²) in [5, 5.41) is 10.5. The molecule has 1 aromatic carbocycles. The molecule has 0 bridgehead atoms. The largest absolute Gasteiger partial charge is 0.387 e. The van der Waals surface area contributed by atoms with E-state index in [9.17, 15) is 5.11 Å². The second kappa shape index (κ2) is 5.83. The van der Waals surface area contributed by atoms with Crippen LogP contribution < -0.4 is 0 Å². The van der Waals surface area contributed by atoms with E-state index in [2.05, 4.69) is 24.8 Å². The zero-order valence-electron chi connectivity index (χ0n) is 11.5. The molecule has 0 saturated carbocycles. The summed E-state index contributed by atoms with van der Waals surface area (Å²) in [5.74, 6) is 0. The number of ether oxygens (including phenoxy) is 1. The van der Waals surface area contributed by atoms with Gasteiger partial charge in [0.2, 0.25) is 0 Å². The van der Waals surface area contributed by atoms with Crippen molar-refractivity contribution < 1.29 is 9.84 Å². The quantitative estimate of drug-likeness (QED) is 0.866. The van der Waals surface area contributed by atoms with Gasteiger partial charge in [0.05, 0.1) is 12.7 Å².